The van der Waals surface area contributed by atoms with Crippen LogP contribution in [0.1, 0.15) is 45.4 Å². The molecular formula is C15H28N2. The molecule has 2 nitrogen and oxygen atoms in total. The normalized spacial score (nSPS) is 26.2. The van der Waals surface area contributed by atoms with E-state index in [1.165, 1.54) is 51.6 Å². The average Bonchev–Trinajstić information content (AvgIpc) is 2.79. The molecule has 2 fully saturated rings. The third-order valence-electron chi connectivity index (χ3n) is 4.87. The van der Waals surface area contributed by atoms with Gasteiger partial charge in [0.05, 0.1) is 0 Å². The van der Waals surface area contributed by atoms with E-state index in [4.69, 9.17) is 0 Å². The molecule has 1 aliphatic carbocycles. The van der Waals surface area contributed by atoms with Gasteiger partial charge in [0.25, 0.3) is 0 Å². The maximum Gasteiger partial charge on any atom is 0.0192 e. The summed E-state index contributed by atoms with van der Waals surface area (Å²) in [4.78, 5) is 2.67. The molecule has 98 valence electrons. The van der Waals surface area contributed by atoms with Crippen LogP contribution in [0.25, 0.3) is 0 Å². The molecule has 0 aromatic heterocycles. The maximum atomic E-state index is 3.74. The van der Waals surface area contributed by atoms with Gasteiger partial charge in [0.2, 0.25) is 0 Å². The van der Waals surface area contributed by atoms with E-state index in [0.29, 0.717) is 6.04 Å². The van der Waals surface area contributed by atoms with Gasteiger partial charge < -0.3 is 5.32 Å². The summed E-state index contributed by atoms with van der Waals surface area (Å²) in [5.74, 6) is 0. The lowest BCUT2D eigenvalue weighted by molar-refractivity contribution is 0.0815. The van der Waals surface area contributed by atoms with Crippen LogP contribution < -0.4 is 5.32 Å². The fraction of sp³-hybridized carbons (Fsp3) is 0.867. The lowest BCUT2D eigenvalue weighted by atomic mass is 9.77. The van der Waals surface area contributed by atoms with Crippen molar-refractivity contribution < 1.29 is 0 Å². The highest BCUT2D eigenvalue weighted by molar-refractivity contribution is 4.91. The van der Waals surface area contributed by atoms with Gasteiger partial charge in [-0.05, 0) is 51.1 Å². The molecule has 0 radical (unpaired) electrons. The number of piperidine rings is 1. The van der Waals surface area contributed by atoms with Gasteiger partial charge >= 0.3 is 0 Å². The van der Waals surface area contributed by atoms with Crippen molar-refractivity contribution in [3.8, 4) is 0 Å². The van der Waals surface area contributed by atoms with Crippen molar-refractivity contribution in [2.45, 2.75) is 51.5 Å². The van der Waals surface area contributed by atoms with Crippen molar-refractivity contribution in [3.05, 3.63) is 12.7 Å². The zero-order chi connectivity index (χ0) is 12.1. The zero-order valence-electron chi connectivity index (χ0n) is 11.4. The smallest absolute Gasteiger partial charge is 0.0192 e. The van der Waals surface area contributed by atoms with Crippen LogP contribution in [-0.2, 0) is 0 Å². The number of likely N-dealkylation sites (tertiary alicyclic amines) is 1. The van der Waals surface area contributed by atoms with Crippen LogP contribution in [-0.4, -0.2) is 37.1 Å². The Labute approximate surface area is 106 Å². The van der Waals surface area contributed by atoms with E-state index >= 15 is 0 Å². The highest BCUT2D eigenvalue weighted by atomic mass is 15.2. The van der Waals surface area contributed by atoms with E-state index < -0.39 is 0 Å². The van der Waals surface area contributed by atoms with E-state index in [1.54, 1.807) is 0 Å². The molecule has 1 heterocycles. The largest absolute Gasteiger partial charge is 0.312 e. The Morgan fingerprint density at radius 2 is 1.88 bits per heavy atom. The molecule has 1 saturated carbocycles. The van der Waals surface area contributed by atoms with Gasteiger partial charge in [0.15, 0.2) is 0 Å². The van der Waals surface area contributed by atoms with Crippen molar-refractivity contribution in [2.24, 2.45) is 5.41 Å². The number of hydrogen-bond acceptors (Lipinski definition) is 2. The van der Waals surface area contributed by atoms with E-state index in [2.05, 4.69) is 23.7 Å². The topological polar surface area (TPSA) is 15.3 Å². The Kier molecular flexibility index (Phi) is 4.63. The molecule has 17 heavy (non-hydrogen) atoms. The van der Waals surface area contributed by atoms with Gasteiger partial charge in [-0.1, -0.05) is 18.9 Å². The van der Waals surface area contributed by atoms with Crippen LogP contribution in [0.15, 0.2) is 12.7 Å². The summed E-state index contributed by atoms with van der Waals surface area (Å²) in [6, 6.07) is 0.675. The van der Waals surface area contributed by atoms with Crippen molar-refractivity contribution >= 4 is 0 Å². The molecule has 2 aliphatic rings. The lowest BCUT2D eigenvalue weighted by Crippen LogP contribution is -2.47. The highest BCUT2D eigenvalue weighted by Gasteiger charge is 2.37. The zero-order valence-corrected chi connectivity index (χ0v) is 11.4. The van der Waals surface area contributed by atoms with Crippen LogP contribution in [0.2, 0.25) is 0 Å². The van der Waals surface area contributed by atoms with Crippen molar-refractivity contribution in [1.82, 2.24) is 10.2 Å². The quantitative estimate of drug-likeness (QED) is 0.583. The molecule has 1 aliphatic heterocycles. The summed E-state index contributed by atoms with van der Waals surface area (Å²) in [7, 11) is 0. The van der Waals surface area contributed by atoms with Crippen LogP contribution in [0, 0.1) is 5.41 Å². The van der Waals surface area contributed by atoms with Gasteiger partial charge in [0.1, 0.15) is 0 Å². The lowest BCUT2D eigenvalue weighted by Gasteiger charge is -2.42. The second-order valence-corrected chi connectivity index (χ2v) is 6.04. The monoisotopic (exact) mass is 236 g/mol. The van der Waals surface area contributed by atoms with E-state index in [9.17, 15) is 0 Å². The molecule has 1 atom stereocenters. The second kappa shape index (κ2) is 6.01. The van der Waals surface area contributed by atoms with Crippen LogP contribution in [0.4, 0.5) is 0 Å². The summed E-state index contributed by atoms with van der Waals surface area (Å²) in [6.45, 7) is 10.8. The standard InChI is InChI=1S/C15H28N2/c1-3-10-16-13-14(2)17-11-8-15(9-12-17)6-4-5-7-15/h3,14,16H,1,4-13H2,2H3. The molecule has 0 aromatic rings. The van der Waals surface area contributed by atoms with Gasteiger partial charge in [-0.25, -0.2) is 0 Å². The summed E-state index contributed by atoms with van der Waals surface area (Å²) >= 11 is 0. The average molecular weight is 236 g/mol. The Bertz CT molecular complexity index is 233. The van der Waals surface area contributed by atoms with Crippen molar-refractivity contribution in [3.63, 3.8) is 0 Å². The molecule has 1 saturated heterocycles. The van der Waals surface area contributed by atoms with Gasteiger partial charge in [-0.3, -0.25) is 4.90 Å². The molecule has 1 spiro atoms. The first-order chi connectivity index (χ1) is 8.26. The van der Waals surface area contributed by atoms with Crippen LogP contribution in [0.3, 0.4) is 0 Å². The van der Waals surface area contributed by atoms with Gasteiger partial charge in [0, 0.05) is 19.1 Å². The first kappa shape index (κ1) is 13.1. The molecule has 2 heteroatoms. The summed E-state index contributed by atoms with van der Waals surface area (Å²) < 4.78 is 0. The highest BCUT2D eigenvalue weighted by Crippen LogP contribution is 2.46. The Hall–Kier alpha value is -0.340. The fourth-order valence-corrected chi connectivity index (χ4v) is 3.59. The Morgan fingerprint density at radius 3 is 2.47 bits per heavy atom. The fourth-order valence-electron chi connectivity index (χ4n) is 3.59. The molecule has 1 unspecified atom stereocenters. The minimum Gasteiger partial charge on any atom is -0.312 e. The first-order valence-electron chi connectivity index (χ1n) is 7.31. The Balaban J connectivity index is 1.72. The number of nitrogens with one attached hydrogen (secondary N) is 1. The van der Waals surface area contributed by atoms with E-state index in [0.717, 1.165) is 18.5 Å². The van der Waals surface area contributed by atoms with E-state index in [1.807, 2.05) is 6.08 Å². The third-order valence-corrected chi connectivity index (χ3v) is 4.87. The molecule has 1 N–H and O–H groups in total. The number of hydrogen-bond donors (Lipinski definition) is 1. The number of rotatable bonds is 5. The minimum absolute atomic E-state index is 0.675. The van der Waals surface area contributed by atoms with Gasteiger partial charge in [-0.15, -0.1) is 6.58 Å². The van der Waals surface area contributed by atoms with Crippen LogP contribution in [0.5, 0.6) is 0 Å². The number of nitrogens with zero attached hydrogens (tertiary/aromatic N) is 1. The van der Waals surface area contributed by atoms with Crippen molar-refractivity contribution in [1.29, 1.82) is 0 Å². The molecule has 0 aromatic carbocycles. The SMILES string of the molecule is C=CCNCC(C)N1CCC2(CCCC2)CC1. The second-order valence-electron chi connectivity index (χ2n) is 6.04. The molecule has 0 amide bonds. The molecule has 2 rings (SSSR count). The van der Waals surface area contributed by atoms with E-state index in [-0.39, 0.29) is 0 Å². The van der Waals surface area contributed by atoms with Crippen molar-refractivity contribution in [2.75, 3.05) is 26.2 Å². The molecule has 0 bridgehead atoms. The predicted octanol–water partition coefficient (Wildman–Crippen LogP) is 2.81. The summed E-state index contributed by atoms with van der Waals surface area (Å²) in [5, 5.41) is 3.43. The summed E-state index contributed by atoms with van der Waals surface area (Å²) in [5.41, 5.74) is 0.755. The maximum absolute atomic E-state index is 3.74. The third kappa shape index (κ3) is 3.32. The molecular weight excluding hydrogens is 208 g/mol. The van der Waals surface area contributed by atoms with Gasteiger partial charge in [-0.2, -0.15) is 0 Å². The predicted molar refractivity (Wildman–Crippen MR) is 74.2 cm³/mol. The minimum atomic E-state index is 0.675. The first-order valence-corrected chi connectivity index (χ1v) is 7.31. The Morgan fingerprint density at radius 1 is 1.24 bits per heavy atom. The summed E-state index contributed by atoms with van der Waals surface area (Å²) in [6.07, 6.45) is 10.8. The van der Waals surface area contributed by atoms with Crippen LogP contribution >= 0.6 is 0 Å².